The van der Waals surface area contributed by atoms with E-state index in [4.69, 9.17) is 0 Å². The second-order valence-corrected chi connectivity index (χ2v) is 5.19. The van der Waals surface area contributed by atoms with E-state index in [9.17, 15) is 4.79 Å². The molecule has 1 N–H and O–H groups in total. The van der Waals surface area contributed by atoms with E-state index < -0.39 is 0 Å². The molecule has 0 aliphatic carbocycles. The van der Waals surface area contributed by atoms with Crippen molar-refractivity contribution in [2.75, 3.05) is 18.0 Å². The standard InChI is InChI=1S/C16H26N2O/c1-5-18(15-10-8-14(4)9-11-15)16(19)7-6-12-17-13(2)3/h8-11,13,17H,5-7,12H2,1-4H3. The van der Waals surface area contributed by atoms with E-state index in [-0.39, 0.29) is 5.91 Å². The summed E-state index contributed by atoms with van der Waals surface area (Å²) in [5, 5.41) is 3.33. The third kappa shape index (κ3) is 5.43. The van der Waals surface area contributed by atoms with Crippen LogP contribution in [-0.2, 0) is 4.79 Å². The summed E-state index contributed by atoms with van der Waals surface area (Å²) in [4.78, 5) is 14.1. The molecule has 1 aromatic carbocycles. The maximum Gasteiger partial charge on any atom is 0.227 e. The van der Waals surface area contributed by atoms with Crippen molar-refractivity contribution < 1.29 is 4.79 Å². The third-order valence-corrected chi connectivity index (χ3v) is 3.08. The van der Waals surface area contributed by atoms with E-state index in [0.29, 0.717) is 12.5 Å². The van der Waals surface area contributed by atoms with Crippen LogP contribution in [0.2, 0.25) is 0 Å². The van der Waals surface area contributed by atoms with Crippen molar-refractivity contribution in [1.29, 1.82) is 0 Å². The molecule has 0 saturated heterocycles. The molecule has 0 atom stereocenters. The number of hydrogen-bond donors (Lipinski definition) is 1. The van der Waals surface area contributed by atoms with Crippen molar-refractivity contribution >= 4 is 11.6 Å². The normalized spacial score (nSPS) is 10.8. The highest BCUT2D eigenvalue weighted by Crippen LogP contribution is 2.16. The van der Waals surface area contributed by atoms with Crippen LogP contribution in [0.15, 0.2) is 24.3 Å². The number of benzene rings is 1. The van der Waals surface area contributed by atoms with Gasteiger partial charge in [0.25, 0.3) is 0 Å². The molecule has 0 heterocycles. The Morgan fingerprint density at radius 3 is 2.42 bits per heavy atom. The molecular weight excluding hydrogens is 236 g/mol. The van der Waals surface area contributed by atoms with Gasteiger partial charge in [0, 0.05) is 24.7 Å². The summed E-state index contributed by atoms with van der Waals surface area (Å²) < 4.78 is 0. The van der Waals surface area contributed by atoms with Gasteiger partial charge in [0.05, 0.1) is 0 Å². The molecule has 3 heteroatoms. The molecule has 0 fully saturated rings. The third-order valence-electron chi connectivity index (χ3n) is 3.08. The lowest BCUT2D eigenvalue weighted by atomic mass is 10.2. The average Bonchev–Trinajstić information content (AvgIpc) is 2.37. The Labute approximate surface area is 117 Å². The topological polar surface area (TPSA) is 32.3 Å². The van der Waals surface area contributed by atoms with Gasteiger partial charge in [-0.3, -0.25) is 4.79 Å². The number of aryl methyl sites for hydroxylation is 1. The largest absolute Gasteiger partial charge is 0.315 e. The van der Waals surface area contributed by atoms with Gasteiger partial charge in [-0.1, -0.05) is 31.5 Å². The predicted molar refractivity (Wildman–Crippen MR) is 81.6 cm³/mol. The Kier molecular flexibility index (Phi) is 6.57. The van der Waals surface area contributed by atoms with E-state index in [1.807, 2.05) is 36.1 Å². The van der Waals surface area contributed by atoms with E-state index in [2.05, 4.69) is 26.1 Å². The van der Waals surface area contributed by atoms with Gasteiger partial charge >= 0.3 is 0 Å². The summed E-state index contributed by atoms with van der Waals surface area (Å²) in [7, 11) is 0. The van der Waals surface area contributed by atoms with Crippen LogP contribution in [0.4, 0.5) is 5.69 Å². The van der Waals surface area contributed by atoms with Gasteiger partial charge in [0.1, 0.15) is 0 Å². The summed E-state index contributed by atoms with van der Waals surface area (Å²) in [6, 6.07) is 8.61. The molecule has 0 saturated carbocycles. The first kappa shape index (κ1) is 15.7. The van der Waals surface area contributed by atoms with E-state index in [1.54, 1.807) is 0 Å². The lowest BCUT2D eigenvalue weighted by Crippen LogP contribution is -2.31. The van der Waals surface area contributed by atoms with Gasteiger partial charge in [-0.25, -0.2) is 0 Å². The number of carbonyl (C=O) groups is 1. The molecule has 0 aliphatic rings. The first-order valence-electron chi connectivity index (χ1n) is 7.15. The molecule has 0 unspecified atom stereocenters. The van der Waals surface area contributed by atoms with Gasteiger partial charge in [-0.2, -0.15) is 0 Å². The zero-order valence-electron chi connectivity index (χ0n) is 12.6. The molecule has 19 heavy (non-hydrogen) atoms. The van der Waals surface area contributed by atoms with E-state index in [1.165, 1.54) is 5.56 Å². The Hall–Kier alpha value is -1.35. The molecule has 0 aliphatic heterocycles. The van der Waals surface area contributed by atoms with Crippen LogP contribution >= 0.6 is 0 Å². The highest BCUT2D eigenvalue weighted by Gasteiger charge is 2.12. The van der Waals surface area contributed by atoms with Gasteiger partial charge in [-0.05, 0) is 38.9 Å². The smallest absolute Gasteiger partial charge is 0.227 e. The van der Waals surface area contributed by atoms with Gasteiger partial charge in [0.2, 0.25) is 5.91 Å². The van der Waals surface area contributed by atoms with Crippen LogP contribution in [0, 0.1) is 6.92 Å². The monoisotopic (exact) mass is 262 g/mol. The number of anilines is 1. The summed E-state index contributed by atoms with van der Waals surface area (Å²) in [5.41, 5.74) is 2.21. The Balaban J connectivity index is 2.50. The minimum absolute atomic E-state index is 0.205. The second kappa shape index (κ2) is 7.95. The molecule has 0 bridgehead atoms. The highest BCUT2D eigenvalue weighted by atomic mass is 16.2. The van der Waals surface area contributed by atoms with Crippen molar-refractivity contribution in [2.24, 2.45) is 0 Å². The Bertz CT molecular complexity index is 384. The summed E-state index contributed by atoms with van der Waals surface area (Å²) in [6.07, 6.45) is 1.49. The molecular formula is C16H26N2O. The maximum absolute atomic E-state index is 12.2. The minimum atomic E-state index is 0.205. The predicted octanol–water partition coefficient (Wildman–Crippen LogP) is 3.13. The Morgan fingerprint density at radius 1 is 1.26 bits per heavy atom. The molecule has 1 rings (SSSR count). The molecule has 1 aromatic rings. The van der Waals surface area contributed by atoms with Crippen LogP contribution in [-0.4, -0.2) is 25.0 Å². The number of carbonyl (C=O) groups excluding carboxylic acids is 1. The van der Waals surface area contributed by atoms with Crippen molar-refractivity contribution in [1.82, 2.24) is 5.32 Å². The SMILES string of the molecule is CCN(C(=O)CCCNC(C)C)c1ccc(C)cc1. The molecule has 106 valence electrons. The first-order valence-corrected chi connectivity index (χ1v) is 7.15. The molecule has 0 spiro atoms. The summed E-state index contributed by atoms with van der Waals surface area (Å²) in [5.74, 6) is 0.205. The van der Waals surface area contributed by atoms with Gasteiger partial charge < -0.3 is 10.2 Å². The van der Waals surface area contributed by atoms with Crippen LogP contribution in [0.3, 0.4) is 0 Å². The quantitative estimate of drug-likeness (QED) is 0.766. The lowest BCUT2D eigenvalue weighted by molar-refractivity contribution is -0.118. The van der Waals surface area contributed by atoms with Crippen molar-refractivity contribution in [2.45, 2.75) is 46.6 Å². The van der Waals surface area contributed by atoms with Crippen molar-refractivity contribution in [3.63, 3.8) is 0 Å². The molecule has 0 radical (unpaired) electrons. The molecule has 3 nitrogen and oxygen atoms in total. The van der Waals surface area contributed by atoms with Gasteiger partial charge in [-0.15, -0.1) is 0 Å². The molecule has 0 aromatic heterocycles. The van der Waals surface area contributed by atoms with E-state index in [0.717, 1.165) is 25.2 Å². The lowest BCUT2D eigenvalue weighted by Gasteiger charge is -2.21. The molecule has 1 amide bonds. The summed E-state index contributed by atoms with van der Waals surface area (Å²) in [6.45, 7) is 9.93. The number of amides is 1. The fourth-order valence-electron chi connectivity index (χ4n) is 1.99. The van der Waals surface area contributed by atoms with Crippen LogP contribution in [0.1, 0.15) is 39.2 Å². The van der Waals surface area contributed by atoms with Crippen molar-refractivity contribution in [3.8, 4) is 0 Å². The van der Waals surface area contributed by atoms with Crippen molar-refractivity contribution in [3.05, 3.63) is 29.8 Å². The number of nitrogens with one attached hydrogen (secondary N) is 1. The van der Waals surface area contributed by atoms with Crippen LogP contribution < -0.4 is 10.2 Å². The number of nitrogens with zero attached hydrogens (tertiary/aromatic N) is 1. The maximum atomic E-state index is 12.2. The minimum Gasteiger partial charge on any atom is -0.315 e. The summed E-state index contributed by atoms with van der Waals surface area (Å²) >= 11 is 0. The van der Waals surface area contributed by atoms with E-state index >= 15 is 0 Å². The van der Waals surface area contributed by atoms with Gasteiger partial charge in [0.15, 0.2) is 0 Å². The van der Waals surface area contributed by atoms with Crippen LogP contribution in [0.25, 0.3) is 0 Å². The van der Waals surface area contributed by atoms with Crippen LogP contribution in [0.5, 0.6) is 0 Å². The first-order chi connectivity index (χ1) is 9.04. The Morgan fingerprint density at radius 2 is 1.89 bits per heavy atom. The second-order valence-electron chi connectivity index (χ2n) is 5.19. The average molecular weight is 262 g/mol. The fraction of sp³-hybridized carbons (Fsp3) is 0.562. The fourth-order valence-corrected chi connectivity index (χ4v) is 1.99. The zero-order chi connectivity index (χ0) is 14.3. The number of hydrogen-bond acceptors (Lipinski definition) is 2. The zero-order valence-corrected chi connectivity index (χ0v) is 12.6. The number of rotatable bonds is 7. The highest BCUT2D eigenvalue weighted by molar-refractivity contribution is 5.93.